The lowest BCUT2D eigenvalue weighted by molar-refractivity contribution is -0.122. The van der Waals surface area contributed by atoms with Gasteiger partial charge in [-0.3, -0.25) is 4.79 Å². The van der Waals surface area contributed by atoms with E-state index in [0.717, 1.165) is 11.3 Å². The Balaban J connectivity index is 0.00000441. The van der Waals surface area contributed by atoms with Crippen molar-refractivity contribution in [1.29, 1.82) is 0 Å². The van der Waals surface area contributed by atoms with Crippen LogP contribution in [0.2, 0.25) is 0 Å². The number of halogens is 1. The SMILES string of the molecule is CSCC[C@H](N)C(=O)NCC(O)COc1cccc(C)c1.Cl. The van der Waals surface area contributed by atoms with E-state index in [2.05, 4.69) is 5.32 Å². The Hall–Kier alpha value is -0.950. The van der Waals surface area contributed by atoms with Gasteiger partial charge in [0.1, 0.15) is 18.5 Å². The van der Waals surface area contributed by atoms with E-state index >= 15 is 0 Å². The first-order chi connectivity index (χ1) is 10.0. The third-order valence-electron chi connectivity index (χ3n) is 2.91. The molecule has 0 aliphatic carbocycles. The van der Waals surface area contributed by atoms with E-state index < -0.39 is 12.1 Å². The summed E-state index contributed by atoms with van der Waals surface area (Å²) >= 11 is 1.65. The van der Waals surface area contributed by atoms with Gasteiger partial charge in [-0.15, -0.1) is 12.4 Å². The Morgan fingerprint density at radius 3 is 2.86 bits per heavy atom. The maximum absolute atomic E-state index is 11.7. The lowest BCUT2D eigenvalue weighted by atomic mass is 10.2. The molecule has 22 heavy (non-hydrogen) atoms. The normalized spacial score (nSPS) is 12.9. The van der Waals surface area contributed by atoms with E-state index in [1.54, 1.807) is 11.8 Å². The Morgan fingerprint density at radius 1 is 1.50 bits per heavy atom. The van der Waals surface area contributed by atoms with Crippen molar-refractivity contribution in [2.45, 2.75) is 25.5 Å². The van der Waals surface area contributed by atoms with Crippen LogP contribution >= 0.6 is 24.2 Å². The number of rotatable bonds is 9. The Morgan fingerprint density at radius 2 is 2.23 bits per heavy atom. The molecule has 4 N–H and O–H groups in total. The second kappa shape index (κ2) is 11.6. The third-order valence-corrected chi connectivity index (χ3v) is 3.56. The minimum atomic E-state index is -0.762. The van der Waals surface area contributed by atoms with Crippen molar-refractivity contribution in [3.63, 3.8) is 0 Å². The predicted octanol–water partition coefficient (Wildman–Crippen LogP) is 1.35. The van der Waals surface area contributed by atoms with Crippen LogP contribution in [0.3, 0.4) is 0 Å². The first kappa shape index (κ1) is 21.0. The number of hydrogen-bond donors (Lipinski definition) is 3. The molecule has 1 amide bonds. The van der Waals surface area contributed by atoms with Crippen molar-refractivity contribution in [3.05, 3.63) is 29.8 Å². The first-order valence-electron chi connectivity index (χ1n) is 6.92. The monoisotopic (exact) mass is 348 g/mol. The Labute approximate surface area is 142 Å². The quantitative estimate of drug-likeness (QED) is 0.627. The fourth-order valence-corrected chi connectivity index (χ4v) is 2.17. The number of nitrogens with one attached hydrogen (secondary N) is 1. The molecule has 0 spiro atoms. The molecule has 1 rings (SSSR count). The summed E-state index contributed by atoms with van der Waals surface area (Å²) in [6.07, 6.45) is 1.84. The number of thioether (sulfide) groups is 1. The lowest BCUT2D eigenvalue weighted by Gasteiger charge is -2.16. The van der Waals surface area contributed by atoms with Gasteiger partial charge < -0.3 is 20.9 Å². The van der Waals surface area contributed by atoms with Gasteiger partial charge in [-0.25, -0.2) is 0 Å². The number of aryl methyl sites for hydroxylation is 1. The maximum Gasteiger partial charge on any atom is 0.237 e. The number of carbonyl (C=O) groups excluding carboxylic acids is 1. The number of hydrogen-bond acceptors (Lipinski definition) is 5. The third kappa shape index (κ3) is 8.48. The summed E-state index contributed by atoms with van der Waals surface area (Å²) in [4.78, 5) is 11.7. The minimum absolute atomic E-state index is 0. The van der Waals surface area contributed by atoms with Crippen LogP contribution < -0.4 is 15.8 Å². The first-order valence-corrected chi connectivity index (χ1v) is 8.32. The fraction of sp³-hybridized carbons (Fsp3) is 0.533. The number of nitrogens with two attached hydrogens (primary N) is 1. The molecule has 0 aromatic heterocycles. The summed E-state index contributed by atoms with van der Waals surface area (Å²) in [5, 5.41) is 12.4. The summed E-state index contributed by atoms with van der Waals surface area (Å²) in [6.45, 7) is 2.24. The van der Waals surface area contributed by atoms with Crippen LogP contribution in [0, 0.1) is 6.92 Å². The zero-order valence-corrected chi connectivity index (χ0v) is 14.6. The molecule has 1 aromatic carbocycles. The zero-order valence-electron chi connectivity index (χ0n) is 13.0. The van der Waals surface area contributed by atoms with E-state index in [9.17, 15) is 9.90 Å². The largest absolute Gasteiger partial charge is 0.491 e. The second-order valence-corrected chi connectivity index (χ2v) is 5.90. The zero-order chi connectivity index (χ0) is 15.7. The van der Waals surface area contributed by atoms with Crippen LogP contribution in [0.25, 0.3) is 0 Å². The number of carbonyl (C=O) groups is 1. The standard InChI is InChI=1S/C15H24N2O3S.ClH/c1-11-4-3-5-13(8-11)20-10-12(18)9-17-15(19)14(16)6-7-21-2;/h3-5,8,12,14,18H,6-7,9-10,16H2,1-2H3,(H,17,19);1H/t12?,14-;/m0./s1. The fourth-order valence-electron chi connectivity index (χ4n) is 1.68. The van der Waals surface area contributed by atoms with Crippen molar-refractivity contribution in [3.8, 4) is 5.75 Å². The average Bonchev–Trinajstić information content (AvgIpc) is 2.48. The van der Waals surface area contributed by atoms with Gasteiger partial charge >= 0.3 is 0 Å². The van der Waals surface area contributed by atoms with Crippen LogP contribution in [0.4, 0.5) is 0 Å². The molecular weight excluding hydrogens is 324 g/mol. The van der Waals surface area contributed by atoms with Crippen LogP contribution in [-0.4, -0.2) is 48.3 Å². The lowest BCUT2D eigenvalue weighted by Crippen LogP contribution is -2.44. The van der Waals surface area contributed by atoms with Gasteiger partial charge in [0.25, 0.3) is 0 Å². The number of aliphatic hydroxyl groups is 1. The number of aliphatic hydroxyl groups excluding tert-OH is 1. The van der Waals surface area contributed by atoms with Crippen LogP contribution in [-0.2, 0) is 4.79 Å². The van der Waals surface area contributed by atoms with Crippen LogP contribution in [0.5, 0.6) is 5.75 Å². The second-order valence-electron chi connectivity index (χ2n) is 4.91. The van der Waals surface area contributed by atoms with Gasteiger partial charge in [0.2, 0.25) is 5.91 Å². The molecule has 0 aliphatic rings. The summed E-state index contributed by atoms with van der Waals surface area (Å²) < 4.78 is 5.47. The van der Waals surface area contributed by atoms with E-state index in [4.69, 9.17) is 10.5 Å². The summed E-state index contributed by atoms with van der Waals surface area (Å²) in [5.41, 5.74) is 6.83. The van der Waals surface area contributed by atoms with Gasteiger partial charge in [0.15, 0.2) is 0 Å². The molecule has 0 aliphatic heterocycles. The molecular formula is C15H25ClN2O3S. The highest BCUT2D eigenvalue weighted by atomic mass is 35.5. The van der Waals surface area contributed by atoms with E-state index in [1.807, 2.05) is 37.4 Å². The highest BCUT2D eigenvalue weighted by Gasteiger charge is 2.14. The number of amides is 1. The molecule has 5 nitrogen and oxygen atoms in total. The van der Waals surface area contributed by atoms with Gasteiger partial charge in [0, 0.05) is 6.54 Å². The summed E-state index contributed by atoms with van der Waals surface area (Å²) in [6, 6.07) is 7.06. The Bertz CT molecular complexity index is 449. The van der Waals surface area contributed by atoms with Gasteiger partial charge in [0.05, 0.1) is 6.04 Å². The molecule has 0 radical (unpaired) electrons. The Kier molecular flexibility index (Phi) is 11.1. The van der Waals surface area contributed by atoms with Crippen molar-refractivity contribution in [2.75, 3.05) is 25.2 Å². The van der Waals surface area contributed by atoms with E-state index in [0.29, 0.717) is 12.2 Å². The number of benzene rings is 1. The smallest absolute Gasteiger partial charge is 0.237 e. The molecule has 1 aromatic rings. The highest BCUT2D eigenvalue weighted by Crippen LogP contribution is 2.12. The minimum Gasteiger partial charge on any atom is -0.491 e. The van der Waals surface area contributed by atoms with Crippen LogP contribution in [0.15, 0.2) is 24.3 Å². The van der Waals surface area contributed by atoms with Crippen molar-refractivity contribution >= 4 is 30.1 Å². The molecule has 0 saturated heterocycles. The topological polar surface area (TPSA) is 84.6 Å². The predicted molar refractivity (Wildman–Crippen MR) is 93.9 cm³/mol. The molecule has 126 valence electrons. The molecule has 0 fully saturated rings. The van der Waals surface area contributed by atoms with Gasteiger partial charge in [-0.1, -0.05) is 12.1 Å². The van der Waals surface area contributed by atoms with E-state index in [1.165, 1.54) is 0 Å². The molecule has 0 saturated carbocycles. The average molecular weight is 349 g/mol. The molecule has 0 heterocycles. The maximum atomic E-state index is 11.7. The van der Waals surface area contributed by atoms with Crippen molar-refractivity contribution < 1.29 is 14.6 Å². The van der Waals surface area contributed by atoms with Crippen LogP contribution in [0.1, 0.15) is 12.0 Å². The van der Waals surface area contributed by atoms with Gasteiger partial charge in [-0.05, 0) is 43.0 Å². The van der Waals surface area contributed by atoms with Gasteiger partial charge in [-0.2, -0.15) is 11.8 Å². The molecule has 1 unspecified atom stereocenters. The molecule has 2 atom stereocenters. The van der Waals surface area contributed by atoms with Crippen molar-refractivity contribution in [2.24, 2.45) is 5.73 Å². The molecule has 7 heteroatoms. The van der Waals surface area contributed by atoms with Crippen molar-refractivity contribution in [1.82, 2.24) is 5.32 Å². The number of ether oxygens (including phenoxy) is 1. The van der Waals surface area contributed by atoms with E-state index in [-0.39, 0.29) is 31.5 Å². The summed E-state index contributed by atoms with van der Waals surface area (Å²) in [5.74, 6) is 1.31. The molecule has 0 bridgehead atoms. The summed E-state index contributed by atoms with van der Waals surface area (Å²) in [7, 11) is 0. The highest BCUT2D eigenvalue weighted by molar-refractivity contribution is 7.98.